The molecular formula is C14H14BrN3O4S. The minimum Gasteiger partial charge on any atom is -0.486 e. The molecule has 0 unspecified atom stereocenters. The molecule has 0 spiro atoms. The summed E-state index contributed by atoms with van der Waals surface area (Å²) in [6, 6.07) is 4.79. The number of aromatic nitrogens is 2. The molecule has 23 heavy (non-hydrogen) atoms. The number of benzene rings is 1. The van der Waals surface area contributed by atoms with Crippen molar-refractivity contribution in [2.75, 3.05) is 26.3 Å². The first-order valence-electron chi connectivity index (χ1n) is 7.13. The molecule has 2 aromatic rings. The zero-order valence-corrected chi connectivity index (χ0v) is 14.5. The standard InChI is InChI=1S/C14H14BrN3O4S/c15-10-6-16-18(7-10)11-8-17(9-11)23(19,20)12-1-2-13-14(5-12)22-4-3-21-13/h1-2,5-7,11H,3-4,8-9H2. The molecule has 1 fully saturated rings. The fourth-order valence-electron chi connectivity index (χ4n) is 2.63. The molecule has 0 atom stereocenters. The molecule has 1 aromatic heterocycles. The van der Waals surface area contributed by atoms with E-state index in [0.29, 0.717) is 37.8 Å². The number of hydrogen-bond donors (Lipinski definition) is 0. The predicted octanol–water partition coefficient (Wildman–Crippen LogP) is 1.66. The third-order valence-electron chi connectivity index (χ3n) is 3.92. The maximum Gasteiger partial charge on any atom is 0.243 e. The van der Waals surface area contributed by atoms with Crippen LogP contribution in [0.25, 0.3) is 0 Å². The van der Waals surface area contributed by atoms with E-state index in [1.807, 2.05) is 6.20 Å². The molecule has 0 N–H and O–H groups in total. The van der Waals surface area contributed by atoms with Crippen LogP contribution in [0.5, 0.6) is 11.5 Å². The van der Waals surface area contributed by atoms with E-state index in [4.69, 9.17) is 9.47 Å². The van der Waals surface area contributed by atoms with Crippen LogP contribution in [0.1, 0.15) is 6.04 Å². The average molecular weight is 400 g/mol. The van der Waals surface area contributed by atoms with Crippen molar-refractivity contribution in [3.05, 3.63) is 35.1 Å². The van der Waals surface area contributed by atoms with Gasteiger partial charge in [0.2, 0.25) is 10.0 Å². The number of sulfonamides is 1. The molecule has 9 heteroatoms. The van der Waals surface area contributed by atoms with E-state index in [9.17, 15) is 8.42 Å². The first kappa shape index (κ1) is 15.0. The van der Waals surface area contributed by atoms with Gasteiger partial charge in [0.25, 0.3) is 0 Å². The van der Waals surface area contributed by atoms with Crippen molar-refractivity contribution in [3.63, 3.8) is 0 Å². The minimum atomic E-state index is -3.52. The minimum absolute atomic E-state index is 0.0632. The molecule has 3 heterocycles. The van der Waals surface area contributed by atoms with Crippen LogP contribution in [0.15, 0.2) is 40.0 Å². The van der Waals surface area contributed by atoms with Crippen LogP contribution in [0.3, 0.4) is 0 Å². The summed E-state index contributed by atoms with van der Waals surface area (Å²) in [5.74, 6) is 1.06. The number of rotatable bonds is 3. The topological polar surface area (TPSA) is 73.7 Å². The van der Waals surface area contributed by atoms with Crippen LogP contribution in [-0.4, -0.2) is 48.8 Å². The van der Waals surface area contributed by atoms with Gasteiger partial charge >= 0.3 is 0 Å². The molecule has 1 aromatic carbocycles. The summed E-state index contributed by atoms with van der Waals surface area (Å²) >= 11 is 3.34. The lowest BCUT2D eigenvalue weighted by Crippen LogP contribution is -2.50. The summed E-state index contributed by atoms with van der Waals surface area (Å²) in [7, 11) is -3.52. The maximum atomic E-state index is 12.7. The lowest BCUT2D eigenvalue weighted by molar-refractivity contribution is 0.170. The zero-order chi connectivity index (χ0) is 16.0. The van der Waals surface area contributed by atoms with Gasteiger partial charge in [-0.05, 0) is 28.1 Å². The van der Waals surface area contributed by atoms with Crippen LogP contribution in [0.2, 0.25) is 0 Å². The van der Waals surface area contributed by atoms with Crippen molar-refractivity contribution in [3.8, 4) is 11.5 Å². The zero-order valence-electron chi connectivity index (χ0n) is 12.1. The lowest BCUT2D eigenvalue weighted by Gasteiger charge is -2.38. The number of ether oxygens (including phenoxy) is 2. The molecule has 4 rings (SSSR count). The van der Waals surface area contributed by atoms with E-state index in [-0.39, 0.29) is 10.9 Å². The maximum absolute atomic E-state index is 12.7. The van der Waals surface area contributed by atoms with E-state index < -0.39 is 10.0 Å². The summed E-state index contributed by atoms with van der Waals surface area (Å²) in [6.07, 6.45) is 3.54. The number of nitrogens with zero attached hydrogens (tertiary/aromatic N) is 3. The van der Waals surface area contributed by atoms with Crippen LogP contribution in [0.4, 0.5) is 0 Å². The molecule has 0 amide bonds. The average Bonchev–Trinajstić information content (AvgIpc) is 2.91. The van der Waals surface area contributed by atoms with E-state index in [1.165, 1.54) is 10.4 Å². The summed E-state index contributed by atoms with van der Waals surface area (Å²) in [5, 5.41) is 4.20. The van der Waals surface area contributed by atoms with Crippen molar-refractivity contribution in [2.45, 2.75) is 10.9 Å². The molecule has 2 aliphatic heterocycles. The smallest absolute Gasteiger partial charge is 0.243 e. The number of hydrogen-bond acceptors (Lipinski definition) is 5. The largest absolute Gasteiger partial charge is 0.486 e. The third-order valence-corrected chi connectivity index (χ3v) is 6.16. The second-order valence-electron chi connectivity index (χ2n) is 5.42. The Kier molecular flexibility index (Phi) is 3.58. The predicted molar refractivity (Wildman–Crippen MR) is 85.2 cm³/mol. The van der Waals surface area contributed by atoms with Gasteiger partial charge in [-0.15, -0.1) is 0 Å². The summed E-state index contributed by atoms with van der Waals surface area (Å²) in [4.78, 5) is 0.224. The van der Waals surface area contributed by atoms with Gasteiger partial charge < -0.3 is 9.47 Å². The van der Waals surface area contributed by atoms with Gasteiger partial charge in [0.1, 0.15) is 13.2 Å². The van der Waals surface area contributed by atoms with E-state index in [2.05, 4.69) is 21.0 Å². The van der Waals surface area contributed by atoms with Gasteiger partial charge in [-0.2, -0.15) is 9.40 Å². The van der Waals surface area contributed by atoms with Crippen LogP contribution in [0, 0.1) is 0 Å². The Morgan fingerprint density at radius 3 is 2.61 bits per heavy atom. The molecule has 1 saturated heterocycles. The number of halogens is 1. The van der Waals surface area contributed by atoms with Gasteiger partial charge in [-0.1, -0.05) is 0 Å². The quantitative estimate of drug-likeness (QED) is 0.784. The highest BCUT2D eigenvalue weighted by Crippen LogP contribution is 2.35. The summed E-state index contributed by atoms with van der Waals surface area (Å²) < 4.78 is 40.3. The Labute approximate surface area is 142 Å². The Hall–Kier alpha value is -1.58. The fraction of sp³-hybridized carbons (Fsp3) is 0.357. The first-order chi connectivity index (χ1) is 11.0. The molecule has 2 aliphatic rings. The lowest BCUT2D eigenvalue weighted by atomic mass is 10.2. The molecule has 0 radical (unpaired) electrons. The molecular weight excluding hydrogens is 386 g/mol. The van der Waals surface area contributed by atoms with Crippen molar-refractivity contribution in [1.82, 2.24) is 14.1 Å². The molecule has 0 aliphatic carbocycles. The third kappa shape index (κ3) is 2.62. The van der Waals surface area contributed by atoms with Crippen LogP contribution >= 0.6 is 15.9 Å². The molecule has 122 valence electrons. The van der Waals surface area contributed by atoms with Crippen molar-refractivity contribution in [2.24, 2.45) is 0 Å². The molecule has 0 saturated carbocycles. The summed E-state index contributed by atoms with van der Waals surface area (Å²) in [6.45, 7) is 1.72. The monoisotopic (exact) mass is 399 g/mol. The Morgan fingerprint density at radius 2 is 1.91 bits per heavy atom. The number of fused-ring (bicyclic) bond motifs is 1. The Morgan fingerprint density at radius 1 is 1.17 bits per heavy atom. The van der Waals surface area contributed by atoms with Crippen LogP contribution < -0.4 is 9.47 Å². The highest BCUT2D eigenvalue weighted by Gasteiger charge is 2.38. The van der Waals surface area contributed by atoms with Gasteiger partial charge in [0.05, 0.1) is 21.6 Å². The van der Waals surface area contributed by atoms with Gasteiger partial charge in [0, 0.05) is 25.4 Å². The fourth-order valence-corrected chi connectivity index (χ4v) is 4.46. The van der Waals surface area contributed by atoms with Crippen molar-refractivity contribution < 1.29 is 17.9 Å². The van der Waals surface area contributed by atoms with E-state index in [0.717, 1.165) is 4.47 Å². The SMILES string of the molecule is O=S(=O)(c1ccc2c(c1)OCCO2)N1CC(n2cc(Br)cn2)C1. The second-order valence-corrected chi connectivity index (χ2v) is 8.27. The molecule has 7 nitrogen and oxygen atoms in total. The van der Waals surface area contributed by atoms with Gasteiger partial charge in [-0.3, -0.25) is 4.68 Å². The van der Waals surface area contributed by atoms with E-state index in [1.54, 1.807) is 23.0 Å². The van der Waals surface area contributed by atoms with Crippen LogP contribution in [-0.2, 0) is 10.0 Å². The Bertz CT molecular complexity index is 845. The second kappa shape index (κ2) is 5.50. The normalized spacial score (nSPS) is 18.7. The van der Waals surface area contributed by atoms with E-state index >= 15 is 0 Å². The first-order valence-corrected chi connectivity index (χ1v) is 9.37. The highest BCUT2D eigenvalue weighted by molar-refractivity contribution is 9.10. The van der Waals surface area contributed by atoms with Gasteiger partial charge in [0.15, 0.2) is 11.5 Å². The highest BCUT2D eigenvalue weighted by atomic mass is 79.9. The van der Waals surface area contributed by atoms with Gasteiger partial charge in [-0.25, -0.2) is 8.42 Å². The Balaban J connectivity index is 1.53. The summed E-state index contributed by atoms with van der Waals surface area (Å²) in [5.41, 5.74) is 0. The van der Waals surface area contributed by atoms with Crippen molar-refractivity contribution >= 4 is 26.0 Å². The molecule has 0 bridgehead atoms. The van der Waals surface area contributed by atoms with Crippen molar-refractivity contribution in [1.29, 1.82) is 0 Å².